The first kappa shape index (κ1) is 18.8. The summed E-state index contributed by atoms with van der Waals surface area (Å²) in [5.74, 6) is -0.534. The van der Waals surface area contributed by atoms with E-state index in [4.69, 9.17) is 4.74 Å². The summed E-state index contributed by atoms with van der Waals surface area (Å²) in [4.78, 5) is 37.3. The van der Waals surface area contributed by atoms with Crippen LogP contribution < -0.4 is 5.32 Å². The second-order valence-electron chi connectivity index (χ2n) is 6.94. The van der Waals surface area contributed by atoms with Crippen LogP contribution in [0, 0.1) is 0 Å². The van der Waals surface area contributed by atoms with E-state index in [1.165, 1.54) is 7.11 Å². The highest BCUT2D eigenvalue weighted by Gasteiger charge is 2.33. The number of carbonyl (C=O) groups excluding carboxylic acids is 3. The lowest BCUT2D eigenvalue weighted by atomic mass is 10.1. The third kappa shape index (κ3) is 5.20. The second kappa shape index (κ2) is 7.55. The number of hydrogen-bond donors (Lipinski definition) is 1. The molecule has 1 aliphatic rings. The fourth-order valence-corrected chi connectivity index (χ4v) is 2.56. The van der Waals surface area contributed by atoms with Crippen molar-refractivity contribution in [2.24, 2.45) is 0 Å². The van der Waals surface area contributed by atoms with Gasteiger partial charge in [-0.1, -0.05) is 12.1 Å². The Labute approximate surface area is 147 Å². The Morgan fingerprint density at radius 3 is 2.44 bits per heavy atom. The normalized spacial score (nSPS) is 17.4. The summed E-state index contributed by atoms with van der Waals surface area (Å²) < 4.78 is 9.84. The lowest BCUT2D eigenvalue weighted by molar-refractivity contribution is -0.129. The second-order valence-corrected chi connectivity index (χ2v) is 6.94. The van der Waals surface area contributed by atoms with Crippen molar-refractivity contribution in [2.45, 2.75) is 45.4 Å². The zero-order chi connectivity index (χ0) is 18.6. The number of ether oxygens (including phenoxy) is 2. The molecule has 7 nitrogen and oxygen atoms in total. The SMILES string of the molecule is COC(=O)c1ccc(CN2CC[C@@H](NC(=O)OC(C)(C)C)C2=O)cc1. The molecule has 0 aliphatic carbocycles. The highest BCUT2D eigenvalue weighted by atomic mass is 16.6. The Morgan fingerprint density at radius 2 is 1.88 bits per heavy atom. The number of methoxy groups -OCH3 is 1. The van der Waals surface area contributed by atoms with Crippen LogP contribution in [0.15, 0.2) is 24.3 Å². The van der Waals surface area contributed by atoms with Gasteiger partial charge in [0, 0.05) is 13.1 Å². The van der Waals surface area contributed by atoms with Crippen LogP contribution in [-0.4, -0.2) is 48.2 Å². The first-order valence-corrected chi connectivity index (χ1v) is 8.15. The molecule has 0 saturated carbocycles. The monoisotopic (exact) mass is 348 g/mol. The van der Waals surface area contributed by atoms with E-state index in [2.05, 4.69) is 10.1 Å². The summed E-state index contributed by atoms with van der Waals surface area (Å²) in [6.45, 7) is 6.29. The minimum absolute atomic E-state index is 0.136. The van der Waals surface area contributed by atoms with Gasteiger partial charge in [0.05, 0.1) is 12.7 Å². The lowest BCUT2D eigenvalue weighted by Gasteiger charge is -2.21. The van der Waals surface area contributed by atoms with Crippen LogP contribution in [0.4, 0.5) is 4.79 Å². The lowest BCUT2D eigenvalue weighted by Crippen LogP contribution is -2.43. The number of nitrogens with one attached hydrogen (secondary N) is 1. The molecule has 1 saturated heterocycles. The number of nitrogens with zero attached hydrogens (tertiary/aromatic N) is 1. The highest BCUT2D eigenvalue weighted by molar-refractivity contribution is 5.89. The van der Waals surface area contributed by atoms with Crippen molar-refractivity contribution >= 4 is 18.0 Å². The fraction of sp³-hybridized carbons (Fsp3) is 0.500. The van der Waals surface area contributed by atoms with Gasteiger partial charge in [-0.25, -0.2) is 9.59 Å². The zero-order valence-electron chi connectivity index (χ0n) is 15.0. The van der Waals surface area contributed by atoms with E-state index in [1.807, 2.05) is 0 Å². The summed E-state index contributed by atoms with van der Waals surface area (Å²) in [5.41, 5.74) is 0.759. The Bertz CT molecular complexity index is 648. The minimum atomic E-state index is -0.604. The largest absolute Gasteiger partial charge is 0.465 e. The Balaban J connectivity index is 1.91. The molecule has 1 atom stereocenters. The van der Waals surface area contributed by atoms with Crippen molar-refractivity contribution in [3.63, 3.8) is 0 Å². The molecule has 0 aromatic heterocycles. The molecule has 1 aromatic rings. The average molecular weight is 348 g/mol. The molecule has 0 spiro atoms. The molecule has 1 aliphatic heterocycles. The first-order chi connectivity index (χ1) is 11.7. The standard InChI is InChI=1S/C18H24N2O5/c1-18(2,3)25-17(23)19-14-9-10-20(15(14)21)11-12-5-7-13(8-6-12)16(22)24-4/h5-8,14H,9-11H2,1-4H3,(H,19,23)/t14-/m1/s1. The van der Waals surface area contributed by atoms with Crippen LogP contribution in [-0.2, 0) is 20.8 Å². The van der Waals surface area contributed by atoms with Gasteiger partial charge >= 0.3 is 12.1 Å². The van der Waals surface area contributed by atoms with Crippen molar-refractivity contribution in [3.05, 3.63) is 35.4 Å². The number of alkyl carbamates (subject to hydrolysis) is 1. The maximum atomic E-state index is 12.4. The van der Waals surface area contributed by atoms with Crippen molar-refractivity contribution in [1.29, 1.82) is 0 Å². The summed E-state index contributed by atoms with van der Waals surface area (Å²) in [6, 6.07) is 6.34. The van der Waals surface area contributed by atoms with E-state index < -0.39 is 23.7 Å². The number of likely N-dealkylation sites (tertiary alicyclic amines) is 1. The number of esters is 1. The van der Waals surface area contributed by atoms with Gasteiger partial charge in [0.2, 0.25) is 5.91 Å². The van der Waals surface area contributed by atoms with Gasteiger partial charge in [0.15, 0.2) is 0 Å². The molecule has 7 heteroatoms. The molecule has 0 radical (unpaired) electrons. The number of amides is 2. The third-order valence-electron chi connectivity index (χ3n) is 3.74. The molecule has 2 rings (SSSR count). The zero-order valence-corrected chi connectivity index (χ0v) is 15.0. The van der Waals surface area contributed by atoms with Gasteiger partial charge in [0.25, 0.3) is 0 Å². The molecule has 1 fully saturated rings. The maximum absolute atomic E-state index is 12.4. The predicted molar refractivity (Wildman–Crippen MR) is 91.0 cm³/mol. The van der Waals surface area contributed by atoms with Crippen LogP contribution in [0.2, 0.25) is 0 Å². The predicted octanol–water partition coefficient (Wildman–Crippen LogP) is 2.10. The number of hydrogen-bond acceptors (Lipinski definition) is 5. The summed E-state index contributed by atoms with van der Waals surface area (Å²) in [5, 5.41) is 2.62. The summed E-state index contributed by atoms with van der Waals surface area (Å²) in [7, 11) is 1.33. The molecule has 1 N–H and O–H groups in total. The highest BCUT2D eigenvalue weighted by Crippen LogP contribution is 2.17. The molecule has 1 heterocycles. The number of carbonyl (C=O) groups is 3. The van der Waals surface area contributed by atoms with Gasteiger partial charge < -0.3 is 19.7 Å². The van der Waals surface area contributed by atoms with Gasteiger partial charge in [-0.05, 0) is 44.9 Å². The molecule has 136 valence electrons. The maximum Gasteiger partial charge on any atom is 0.408 e. The molecule has 2 amide bonds. The van der Waals surface area contributed by atoms with Crippen molar-refractivity contribution in [1.82, 2.24) is 10.2 Å². The van der Waals surface area contributed by atoms with Gasteiger partial charge in [0.1, 0.15) is 11.6 Å². The van der Waals surface area contributed by atoms with E-state index in [9.17, 15) is 14.4 Å². The Morgan fingerprint density at radius 1 is 1.24 bits per heavy atom. The van der Waals surface area contributed by atoms with Crippen LogP contribution in [0.1, 0.15) is 43.1 Å². The van der Waals surface area contributed by atoms with Gasteiger partial charge in [-0.3, -0.25) is 4.79 Å². The molecular formula is C18H24N2O5. The van der Waals surface area contributed by atoms with E-state index in [0.29, 0.717) is 25.1 Å². The van der Waals surface area contributed by atoms with E-state index in [-0.39, 0.29) is 5.91 Å². The topological polar surface area (TPSA) is 84.9 Å². The van der Waals surface area contributed by atoms with E-state index >= 15 is 0 Å². The van der Waals surface area contributed by atoms with Gasteiger partial charge in [-0.15, -0.1) is 0 Å². The average Bonchev–Trinajstić information content (AvgIpc) is 2.86. The number of benzene rings is 1. The van der Waals surface area contributed by atoms with Crippen LogP contribution in [0.3, 0.4) is 0 Å². The van der Waals surface area contributed by atoms with Crippen molar-refractivity contribution < 1.29 is 23.9 Å². The summed E-state index contributed by atoms with van der Waals surface area (Å²) >= 11 is 0. The van der Waals surface area contributed by atoms with Crippen LogP contribution in [0.25, 0.3) is 0 Å². The molecule has 1 aromatic carbocycles. The Kier molecular flexibility index (Phi) is 5.66. The van der Waals surface area contributed by atoms with Crippen molar-refractivity contribution in [2.75, 3.05) is 13.7 Å². The van der Waals surface area contributed by atoms with Gasteiger partial charge in [-0.2, -0.15) is 0 Å². The molecular weight excluding hydrogens is 324 g/mol. The van der Waals surface area contributed by atoms with Crippen LogP contribution >= 0.6 is 0 Å². The summed E-state index contributed by atoms with van der Waals surface area (Å²) in [6.07, 6.45) is -0.0478. The smallest absolute Gasteiger partial charge is 0.408 e. The quantitative estimate of drug-likeness (QED) is 0.842. The van der Waals surface area contributed by atoms with E-state index in [1.54, 1.807) is 49.9 Å². The fourth-order valence-electron chi connectivity index (χ4n) is 2.56. The minimum Gasteiger partial charge on any atom is -0.465 e. The van der Waals surface area contributed by atoms with Crippen molar-refractivity contribution in [3.8, 4) is 0 Å². The third-order valence-corrected chi connectivity index (χ3v) is 3.74. The molecule has 0 bridgehead atoms. The molecule has 0 unspecified atom stereocenters. The number of rotatable bonds is 4. The first-order valence-electron chi connectivity index (χ1n) is 8.15. The molecule has 25 heavy (non-hydrogen) atoms. The Hall–Kier alpha value is -2.57. The van der Waals surface area contributed by atoms with E-state index in [0.717, 1.165) is 5.56 Å². The van der Waals surface area contributed by atoms with Crippen LogP contribution in [0.5, 0.6) is 0 Å².